The Morgan fingerprint density at radius 3 is 2.81 bits per heavy atom. The van der Waals surface area contributed by atoms with Gasteiger partial charge in [-0.2, -0.15) is 4.98 Å². The third kappa shape index (κ3) is 3.74. The number of pyridine rings is 1. The molecule has 0 aliphatic carbocycles. The third-order valence-corrected chi connectivity index (χ3v) is 2.93. The first kappa shape index (κ1) is 14.9. The molecule has 2 heterocycles. The SMILES string of the molecule is Cc1cc(NCCc2nc(C(C)C)no2)ncc1[N+](=O)[O-]. The average molecular weight is 291 g/mol. The van der Waals surface area contributed by atoms with Gasteiger partial charge in [0, 0.05) is 24.4 Å². The predicted molar refractivity (Wildman–Crippen MR) is 76.2 cm³/mol. The van der Waals surface area contributed by atoms with Crippen LogP contribution in [0.3, 0.4) is 0 Å². The van der Waals surface area contributed by atoms with Crippen LogP contribution in [0, 0.1) is 17.0 Å². The lowest BCUT2D eigenvalue weighted by Gasteiger charge is -2.04. The molecule has 0 spiro atoms. The fourth-order valence-electron chi connectivity index (χ4n) is 1.74. The molecule has 2 rings (SSSR count). The van der Waals surface area contributed by atoms with E-state index in [4.69, 9.17) is 4.52 Å². The molecule has 21 heavy (non-hydrogen) atoms. The Hall–Kier alpha value is -2.51. The Labute approximate surface area is 121 Å². The van der Waals surface area contributed by atoms with E-state index >= 15 is 0 Å². The van der Waals surface area contributed by atoms with Gasteiger partial charge in [0.05, 0.1) is 4.92 Å². The molecule has 8 nitrogen and oxygen atoms in total. The topological polar surface area (TPSA) is 107 Å². The fourth-order valence-corrected chi connectivity index (χ4v) is 1.74. The summed E-state index contributed by atoms with van der Waals surface area (Å²) in [7, 11) is 0. The van der Waals surface area contributed by atoms with Crippen molar-refractivity contribution in [2.75, 3.05) is 11.9 Å². The van der Waals surface area contributed by atoms with Crippen LogP contribution in [0.5, 0.6) is 0 Å². The highest BCUT2D eigenvalue weighted by Crippen LogP contribution is 2.18. The lowest BCUT2D eigenvalue weighted by Crippen LogP contribution is -2.07. The molecular weight excluding hydrogens is 274 g/mol. The van der Waals surface area contributed by atoms with Gasteiger partial charge in [0.15, 0.2) is 5.82 Å². The van der Waals surface area contributed by atoms with Gasteiger partial charge in [-0.05, 0) is 13.0 Å². The Bertz CT molecular complexity index is 638. The summed E-state index contributed by atoms with van der Waals surface area (Å²) in [6.45, 7) is 6.23. The van der Waals surface area contributed by atoms with Crippen molar-refractivity contribution in [2.24, 2.45) is 0 Å². The summed E-state index contributed by atoms with van der Waals surface area (Å²) < 4.78 is 5.13. The van der Waals surface area contributed by atoms with E-state index in [1.165, 1.54) is 6.20 Å². The average Bonchev–Trinajstić information content (AvgIpc) is 2.87. The van der Waals surface area contributed by atoms with Crippen molar-refractivity contribution >= 4 is 11.5 Å². The van der Waals surface area contributed by atoms with E-state index in [2.05, 4.69) is 20.4 Å². The summed E-state index contributed by atoms with van der Waals surface area (Å²) in [6.07, 6.45) is 1.82. The normalized spacial score (nSPS) is 10.9. The smallest absolute Gasteiger partial charge is 0.290 e. The molecule has 0 radical (unpaired) electrons. The summed E-state index contributed by atoms with van der Waals surface area (Å²) in [4.78, 5) is 18.5. The molecule has 1 N–H and O–H groups in total. The molecule has 2 aromatic heterocycles. The number of hydrogen-bond acceptors (Lipinski definition) is 7. The van der Waals surface area contributed by atoms with E-state index in [1.54, 1.807) is 13.0 Å². The minimum Gasteiger partial charge on any atom is -0.370 e. The number of aromatic nitrogens is 3. The molecule has 112 valence electrons. The molecule has 0 unspecified atom stereocenters. The molecule has 0 saturated heterocycles. The van der Waals surface area contributed by atoms with Gasteiger partial charge in [-0.3, -0.25) is 10.1 Å². The molecule has 0 amide bonds. The highest BCUT2D eigenvalue weighted by Gasteiger charge is 2.12. The number of nitro groups is 1. The van der Waals surface area contributed by atoms with Crippen LogP contribution in [0.4, 0.5) is 11.5 Å². The Morgan fingerprint density at radius 2 is 2.24 bits per heavy atom. The van der Waals surface area contributed by atoms with Crippen molar-refractivity contribution in [1.29, 1.82) is 0 Å². The van der Waals surface area contributed by atoms with Crippen LogP contribution in [0.15, 0.2) is 16.8 Å². The zero-order chi connectivity index (χ0) is 15.4. The summed E-state index contributed by atoms with van der Waals surface area (Å²) in [5.41, 5.74) is 0.580. The highest BCUT2D eigenvalue weighted by atomic mass is 16.6. The van der Waals surface area contributed by atoms with Gasteiger partial charge in [-0.15, -0.1) is 0 Å². The Kier molecular flexibility index (Phi) is 4.46. The quantitative estimate of drug-likeness (QED) is 0.643. The highest BCUT2D eigenvalue weighted by molar-refractivity contribution is 5.46. The van der Waals surface area contributed by atoms with E-state index < -0.39 is 4.92 Å². The number of aryl methyl sites for hydroxylation is 1. The van der Waals surface area contributed by atoms with Crippen LogP contribution in [0.25, 0.3) is 0 Å². The van der Waals surface area contributed by atoms with E-state index in [0.29, 0.717) is 36.1 Å². The standard InChI is InChI=1S/C13H17N5O3/c1-8(2)13-16-12(21-17-13)4-5-14-11-6-9(3)10(7-15-11)18(19)20/h6-8H,4-5H2,1-3H3,(H,14,15). The summed E-state index contributed by atoms with van der Waals surface area (Å²) >= 11 is 0. The molecule has 0 atom stereocenters. The van der Waals surface area contributed by atoms with E-state index in [1.807, 2.05) is 13.8 Å². The second-order valence-corrected chi connectivity index (χ2v) is 4.99. The second-order valence-electron chi connectivity index (χ2n) is 4.99. The largest absolute Gasteiger partial charge is 0.370 e. The van der Waals surface area contributed by atoms with Crippen molar-refractivity contribution in [3.8, 4) is 0 Å². The van der Waals surface area contributed by atoms with Crippen molar-refractivity contribution in [3.63, 3.8) is 0 Å². The molecule has 0 aliphatic rings. The van der Waals surface area contributed by atoms with Gasteiger partial charge in [-0.1, -0.05) is 19.0 Å². The number of rotatable bonds is 6. The fraction of sp³-hybridized carbons (Fsp3) is 0.462. The number of nitrogens with one attached hydrogen (secondary N) is 1. The maximum Gasteiger partial charge on any atom is 0.290 e. The molecule has 0 bridgehead atoms. The lowest BCUT2D eigenvalue weighted by atomic mass is 10.2. The van der Waals surface area contributed by atoms with Crippen molar-refractivity contribution in [1.82, 2.24) is 15.1 Å². The summed E-state index contributed by atoms with van der Waals surface area (Å²) in [5, 5.41) is 17.7. The number of hydrogen-bond donors (Lipinski definition) is 1. The first-order valence-corrected chi connectivity index (χ1v) is 6.64. The molecule has 0 fully saturated rings. The molecular formula is C13H17N5O3. The first-order valence-electron chi connectivity index (χ1n) is 6.64. The molecule has 0 aliphatic heterocycles. The lowest BCUT2D eigenvalue weighted by molar-refractivity contribution is -0.385. The van der Waals surface area contributed by atoms with E-state index in [0.717, 1.165) is 0 Å². The maximum absolute atomic E-state index is 10.7. The second kappa shape index (κ2) is 6.29. The van der Waals surface area contributed by atoms with Crippen LogP contribution < -0.4 is 5.32 Å². The maximum atomic E-state index is 10.7. The van der Waals surface area contributed by atoms with Gasteiger partial charge >= 0.3 is 0 Å². The van der Waals surface area contributed by atoms with Gasteiger partial charge in [0.25, 0.3) is 5.69 Å². The zero-order valence-corrected chi connectivity index (χ0v) is 12.2. The number of nitrogens with zero attached hydrogens (tertiary/aromatic N) is 4. The minimum absolute atomic E-state index is 0.0130. The van der Waals surface area contributed by atoms with Crippen LogP contribution in [-0.4, -0.2) is 26.6 Å². The van der Waals surface area contributed by atoms with Crippen molar-refractivity contribution in [3.05, 3.63) is 39.7 Å². The van der Waals surface area contributed by atoms with Crippen LogP contribution in [-0.2, 0) is 6.42 Å². The van der Waals surface area contributed by atoms with Gasteiger partial charge in [0.1, 0.15) is 12.0 Å². The molecule has 0 saturated carbocycles. The van der Waals surface area contributed by atoms with Crippen LogP contribution >= 0.6 is 0 Å². The van der Waals surface area contributed by atoms with Crippen LogP contribution in [0.2, 0.25) is 0 Å². The Morgan fingerprint density at radius 1 is 1.48 bits per heavy atom. The zero-order valence-electron chi connectivity index (χ0n) is 12.2. The van der Waals surface area contributed by atoms with Crippen LogP contribution in [0.1, 0.15) is 37.0 Å². The minimum atomic E-state index is -0.446. The monoisotopic (exact) mass is 291 g/mol. The molecule has 8 heteroatoms. The van der Waals surface area contributed by atoms with E-state index in [-0.39, 0.29) is 11.6 Å². The van der Waals surface area contributed by atoms with Gasteiger partial charge in [-0.25, -0.2) is 4.98 Å². The van der Waals surface area contributed by atoms with Crippen molar-refractivity contribution in [2.45, 2.75) is 33.1 Å². The first-order chi connectivity index (χ1) is 9.97. The Balaban J connectivity index is 1.91. The molecule has 2 aromatic rings. The number of anilines is 1. The summed E-state index contributed by atoms with van der Waals surface area (Å²) in [5.74, 6) is 2.07. The third-order valence-electron chi connectivity index (χ3n) is 2.93. The van der Waals surface area contributed by atoms with Gasteiger partial charge < -0.3 is 9.84 Å². The molecule has 0 aromatic carbocycles. The summed E-state index contributed by atoms with van der Waals surface area (Å²) in [6, 6.07) is 1.64. The van der Waals surface area contributed by atoms with Crippen molar-refractivity contribution < 1.29 is 9.45 Å². The predicted octanol–water partition coefficient (Wildman–Crippen LogP) is 2.46. The van der Waals surface area contributed by atoms with Gasteiger partial charge in [0.2, 0.25) is 5.89 Å². The van der Waals surface area contributed by atoms with E-state index in [9.17, 15) is 10.1 Å².